The topological polar surface area (TPSA) is 45.0 Å². The van der Waals surface area contributed by atoms with E-state index in [4.69, 9.17) is 12.2 Å². The van der Waals surface area contributed by atoms with Crippen LogP contribution in [-0.2, 0) is 4.79 Å². The molecule has 0 radical (unpaired) electrons. The van der Waals surface area contributed by atoms with Crippen molar-refractivity contribution in [2.45, 2.75) is 12.3 Å². The van der Waals surface area contributed by atoms with E-state index in [2.05, 4.69) is 10.2 Å². The number of rotatable bonds is 3. The first kappa shape index (κ1) is 14.9. The van der Waals surface area contributed by atoms with Crippen molar-refractivity contribution in [3.05, 3.63) is 60.2 Å². The number of nitrogens with zero attached hydrogens (tertiary/aromatic N) is 3. The number of amides is 1. The lowest BCUT2D eigenvalue weighted by Gasteiger charge is -2.14. The van der Waals surface area contributed by atoms with E-state index in [0.29, 0.717) is 4.32 Å². The lowest BCUT2D eigenvalue weighted by Crippen LogP contribution is -2.30. The minimum absolute atomic E-state index is 0.155. The van der Waals surface area contributed by atoms with Gasteiger partial charge in [0.25, 0.3) is 5.91 Å². The van der Waals surface area contributed by atoms with Gasteiger partial charge >= 0.3 is 0 Å². The third-order valence-electron chi connectivity index (χ3n) is 3.12. The number of carbonyl (C=O) groups is 1. The molecule has 22 heavy (non-hydrogen) atoms. The molecule has 0 saturated carbocycles. The fourth-order valence-corrected chi connectivity index (χ4v) is 3.35. The molecule has 6 heteroatoms. The Morgan fingerprint density at radius 2 is 1.91 bits per heavy atom. The molecule has 1 fully saturated rings. The maximum Gasteiger partial charge on any atom is 0.270 e. The summed E-state index contributed by atoms with van der Waals surface area (Å²) in [6.07, 6.45) is 0. The zero-order valence-corrected chi connectivity index (χ0v) is 13.5. The molecular formula is C16H13N3OS2. The lowest BCUT2D eigenvalue weighted by atomic mass is 10.2. The van der Waals surface area contributed by atoms with Gasteiger partial charge < -0.3 is 0 Å². The predicted octanol–water partition coefficient (Wildman–Crippen LogP) is 4.47. The van der Waals surface area contributed by atoms with Gasteiger partial charge in [-0.25, -0.2) is 0 Å². The highest BCUT2D eigenvalue weighted by Crippen LogP contribution is 2.33. The summed E-state index contributed by atoms with van der Waals surface area (Å²) >= 11 is 6.54. The number of azo groups is 1. The number of carbonyl (C=O) groups excluding carboxylic acids is 1. The fraction of sp³-hybridized carbons (Fsp3) is 0.125. The molecule has 1 aliphatic heterocycles. The van der Waals surface area contributed by atoms with Crippen LogP contribution in [-0.4, -0.2) is 15.6 Å². The van der Waals surface area contributed by atoms with Crippen molar-refractivity contribution in [1.29, 1.82) is 0 Å². The molecule has 1 aliphatic rings. The number of hydrogen-bond acceptors (Lipinski definition) is 5. The lowest BCUT2D eigenvalue weighted by molar-refractivity contribution is -0.116. The van der Waals surface area contributed by atoms with Crippen LogP contribution in [0.5, 0.6) is 0 Å². The standard InChI is InChI=1S/C16H13N3OS2/c1-11-6-5-7-12(10-11)17-18-14-15(20)19(16(21)22-14)13-8-3-2-4-9-13/h2-10,14H,1H3. The Balaban J connectivity index is 1.80. The Morgan fingerprint density at radius 1 is 1.14 bits per heavy atom. The average molecular weight is 327 g/mol. The number of hydrogen-bond donors (Lipinski definition) is 0. The molecule has 2 aromatic carbocycles. The van der Waals surface area contributed by atoms with Gasteiger partial charge in [0.1, 0.15) is 4.32 Å². The van der Waals surface area contributed by atoms with Gasteiger partial charge in [0.15, 0.2) is 0 Å². The summed E-state index contributed by atoms with van der Waals surface area (Å²) in [5.41, 5.74) is 2.60. The summed E-state index contributed by atoms with van der Waals surface area (Å²) in [7, 11) is 0. The molecule has 0 spiro atoms. The van der Waals surface area contributed by atoms with E-state index in [9.17, 15) is 4.79 Å². The number of thioether (sulfide) groups is 1. The Kier molecular flexibility index (Phi) is 4.31. The summed E-state index contributed by atoms with van der Waals surface area (Å²) in [6, 6.07) is 17.0. The van der Waals surface area contributed by atoms with Crippen molar-refractivity contribution in [2.24, 2.45) is 10.2 Å². The van der Waals surface area contributed by atoms with Crippen LogP contribution in [0.25, 0.3) is 0 Å². The second-order valence-electron chi connectivity index (χ2n) is 4.80. The largest absolute Gasteiger partial charge is 0.270 e. The van der Waals surface area contributed by atoms with E-state index in [-0.39, 0.29) is 5.91 Å². The monoisotopic (exact) mass is 327 g/mol. The number of anilines is 1. The van der Waals surface area contributed by atoms with Crippen LogP contribution in [0.15, 0.2) is 64.8 Å². The third kappa shape index (κ3) is 3.08. The number of thiocarbonyl (C=S) groups is 1. The van der Waals surface area contributed by atoms with Crippen LogP contribution in [0.3, 0.4) is 0 Å². The second kappa shape index (κ2) is 6.37. The first-order chi connectivity index (χ1) is 10.6. The van der Waals surface area contributed by atoms with Gasteiger partial charge in [-0.3, -0.25) is 9.69 Å². The Bertz CT molecular complexity index is 746. The van der Waals surface area contributed by atoms with Crippen LogP contribution in [0.2, 0.25) is 0 Å². The molecule has 0 aromatic heterocycles. The molecule has 110 valence electrons. The van der Waals surface area contributed by atoms with Crippen molar-refractivity contribution >= 4 is 45.6 Å². The molecule has 0 aliphatic carbocycles. The Labute approximate surface area is 138 Å². The summed E-state index contributed by atoms with van der Waals surface area (Å²) in [4.78, 5) is 14.0. The van der Waals surface area contributed by atoms with Crippen molar-refractivity contribution in [1.82, 2.24) is 0 Å². The molecule has 0 bridgehead atoms. The first-order valence-corrected chi connectivity index (χ1v) is 8.01. The van der Waals surface area contributed by atoms with E-state index < -0.39 is 5.37 Å². The number of benzene rings is 2. The predicted molar refractivity (Wildman–Crippen MR) is 93.6 cm³/mol. The third-order valence-corrected chi connectivity index (χ3v) is 4.50. The molecule has 1 amide bonds. The maximum atomic E-state index is 12.5. The molecule has 1 unspecified atom stereocenters. The van der Waals surface area contributed by atoms with Gasteiger partial charge in [-0.05, 0) is 36.8 Å². The molecule has 1 atom stereocenters. The summed E-state index contributed by atoms with van der Waals surface area (Å²) in [5, 5.41) is 7.69. The molecule has 1 saturated heterocycles. The van der Waals surface area contributed by atoms with Crippen LogP contribution < -0.4 is 4.90 Å². The molecule has 0 N–H and O–H groups in total. The van der Waals surface area contributed by atoms with Gasteiger partial charge in [0, 0.05) is 0 Å². The van der Waals surface area contributed by atoms with Gasteiger partial charge in [-0.15, -0.1) is 0 Å². The van der Waals surface area contributed by atoms with E-state index in [1.807, 2.05) is 61.5 Å². The van der Waals surface area contributed by atoms with Crippen LogP contribution in [0, 0.1) is 6.92 Å². The quantitative estimate of drug-likeness (QED) is 0.617. The molecule has 2 aromatic rings. The minimum Gasteiger partial charge on any atom is -0.270 e. The minimum atomic E-state index is -0.617. The molecule has 1 heterocycles. The van der Waals surface area contributed by atoms with E-state index in [1.165, 1.54) is 16.7 Å². The SMILES string of the molecule is Cc1cccc(N=NC2SC(=S)N(c3ccccc3)C2=O)c1. The smallest absolute Gasteiger partial charge is 0.270 e. The van der Waals surface area contributed by atoms with Crippen molar-refractivity contribution in [2.75, 3.05) is 4.90 Å². The fourth-order valence-electron chi connectivity index (χ4n) is 2.09. The van der Waals surface area contributed by atoms with Crippen LogP contribution in [0.4, 0.5) is 11.4 Å². The maximum absolute atomic E-state index is 12.5. The van der Waals surface area contributed by atoms with Gasteiger partial charge in [-0.1, -0.05) is 54.3 Å². The highest BCUT2D eigenvalue weighted by molar-refractivity contribution is 8.25. The van der Waals surface area contributed by atoms with Crippen LogP contribution >= 0.6 is 24.0 Å². The van der Waals surface area contributed by atoms with Gasteiger partial charge in [-0.2, -0.15) is 10.2 Å². The molecule has 4 nitrogen and oxygen atoms in total. The Hall–Kier alpha value is -2.05. The summed E-state index contributed by atoms with van der Waals surface area (Å²) < 4.78 is 0.504. The normalized spacial score (nSPS) is 18.4. The van der Waals surface area contributed by atoms with Gasteiger partial charge in [0.2, 0.25) is 5.37 Å². The highest BCUT2D eigenvalue weighted by atomic mass is 32.2. The van der Waals surface area contributed by atoms with E-state index in [0.717, 1.165) is 16.9 Å². The summed E-state index contributed by atoms with van der Waals surface area (Å²) in [6.45, 7) is 1.99. The van der Waals surface area contributed by atoms with Crippen molar-refractivity contribution in [3.8, 4) is 0 Å². The molecular weight excluding hydrogens is 314 g/mol. The highest BCUT2D eigenvalue weighted by Gasteiger charge is 2.38. The average Bonchev–Trinajstić information content (AvgIpc) is 2.80. The second-order valence-corrected chi connectivity index (χ2v) is 6.51. The number of aryl methyl sites for hydroxylation is 1. The zero-order valence-electron chi connectivity index (χ0n) is 11.8. The number of para-hydroxylation sites is 1. The van der Waals surface area contributed by atoms with Crippen molar-refractivity contribution < 1.29 is 4.79 Å². The van der Waals surface area contributed by atoms with E-state index in [1.54, 1.807) is 0 Å². The van der Waals surface area contributed by atoms with Crippen molar-refractivity contribution in [3.63, 3.8) is 0 Å². The Morgan fingerprint density at radius 3 is 2.64 bits per heavy atom. The zero-order chi connectivity index (χ0) is 15.5. The van der Waals surface area contributed by atoms with E-state index >= 15 is 0 Å². The first-order valence-electron chi connectivity index (χ1n) is 6.72. The molecule has 3 rings (SSSR count). The van der Waals surface area contributed by atoms with Gasteiger partial charge in [0.05, 0.1) is 11.4 Å². The summed E-state index contributed by atoms with van der Waals surface area (Å²) in [5.74, 6) is -0.155. The van der Waals surface area contributed by atoms with Crippen LogP contribution in [0.1, 0.15) is 5.56 Å².